The van der Waals surface area contributed by atoms with E-state index in [4.69, 9.17) is 9.47 Å². The van der Waals surface area contributed by atoms with Gasteiger partial charge in [0.25, 0.3) is 0 Å². The Morgan fingerprint density at radius 3 is 2.67 bits per heavy atom. The van der Waals surface area contributed by atoms with Crippen LogP contribution in [-0.2, 0) is 9.47 Å². The van der Waals surface area contributed by atoms with Gasteiger partial charge in [-0.2, -0.15) is 0 Å². The number of likely N-dealkylation sites (tertiary alicyclic amines) is 1. The highest BCUT2D eigenvalue weighted by Gasteiger charge is 2.22. The van der Waals surface area contributed by atoms with Crippen molar-refractivity contribution in [2.75, 3.05) is 32.8 Å². The zero-order valence-electron chi connectivity index (χ0n) is 11.5. The van der Waals surface area contributed by atoms with E-state index in [1.807, 2.05) is 6.92 Å². The number of aliphatic hydroxyl groups excluding tert-OH is 1. The van der Waals surface area contributed by atoms with Crippen molar-refractivity contribution in [3.63, 3.8) is 0 Å². The summed E-state index contributed by atoms with van der Waals surface area (Å²) < 4.78 is 11.3. The first kappa shape index (κ1) is 14.3. The maximum Gasteiger partial charge on any atom is 0.157 e. The molecule has 2 aliphatic rings. The maximum atomic E-state index is 9.55. The number of ether oxygens (including phenoxy) is 2. The third kappa shape index (κ3) is 4.50. The van der Waals surface area contributed by atoms with Crippen molar-refractivity contribution in [3.8, 4) is 0 Å². The van der Waals surface area contributed by atoms with Crippen LogP contribution in [0.4, 0.5) is 0 Å². The number of rotatable bonds is 5. The van der Waals surface area contributed by atoms with Gasteiger partial charge in [-0.1, -0.05) is 0 Å². The third-order valence-electron chi connectivity index (χ3n) is 4.16. The number of hydrogen-bond acceptors (Lipinski definition) is 4. The van der Waals surface area contributed by atoms with Gasteiger partial charge in [0.1, 0.15) is 0 Å². The van der Waals surface area contributed by atoms with E-state index in [0.717, 1.165) is 52.1 Å². The standard InChI is InChI=1S/C14H27NO3/c1-12(16)13-5-7-15(8-6-13)9-11-18-14-4-2-3-10-17-14/h12-14,16H,2-11H2,1H3. The second-order valence-electron chi connectivity index (χ2n) is 5.59. The molecule has 106 valence electrons. The summed E-state index contributed by atoms with van der Waals surface area (Å²) in [5, 5.41) is 9.55. The number of hydrogen-bond donors (Lipinski definition) is 1. The van der Waals surface area contributed by atoms with Gasteiger partial charge in [0.2, 0.25) is 0 Å². The topological polar surface area (TPSA) is 41.9 Å². The van der Waals surface area contributed by atoms with Gasteiger partial charge in [-0.05, 0) is 58.0 Å². The quantitative estimate of drug-likeness (QED) is 0.812. The van der Waals surface area contributed by atoms with Crippen molar-refractivity contribution >= 4 is 0 Å². The van der Waals surface area contributed by atoms with E-state index in [0.29, 0.717) is 5.92 Å². The van der Waals surface area contributed by atoms with Gasteiger partial charge in [-0.15, -0.1) is 0 Å². The maximum absolute atomic E-state index is 9.55. The Labute approximate surface area is 110 Å². The van der Waals surface area contributed by atoms with Crippen LogP contribution in [0, 0.1) is 5.92 Å². The Morgan fingerprint density at radius 1 is 1.28 bits per heavy atom. The molecule has 18 heavy (non-hydrogen) atoms. The molecule has 0 saturated carbocycles. The van der Waals surface area contributed by atoms with Crippen LogP contribution in [0.1, 0.15) is 39.0 Å². The molecular formula is C14H27NO3. The molecule has 4 nitrogen and oxygen atoms in total. The predicted molar refractivity (Wildman–Crippen MR) is 70.4 cm³/mol. The number of aliphatic hydroxyl groups is 1. The molecule has 0 aromatic carbocycles. The largest absolute Gasteiger partial charge is 0.393 e. The Kier molecular flexibility index (Phi) is 5.89. The second kappa shape index (κ2) is 7.43. The normalized spacial score (nSPS) is 29.3. The lowest BCUT2D eigenvalue weighted by Crippen LogP contribution is -2.39. The van der Waals surface area contributed by atoms with E-state index in [9.17, 15) is 5.11 Å². The summed E-state index contributed by atoms with van der Waals surface area (Å²) in [5.74, 6) is 0.490. The van der Waals surface area contributed by atoms with Crippen LogP contribution in [-0.4, -0.2) is 55.2 Å². The first-order valence-electron chi connectivity index (χ1n) is 7.39. The molecule has 2 saturated heterocycles. The molecule has 2 unspecified atom stereocenters. The van der Waals surface area contributed by atoms with E-state index in [-0.39, 0.29) is 12.4 Å². The van der Waals surface area contributed by atoms with Crippen molar-refractivity contribution in [3.05, 3.63) is 0 Å². The van der Waals surface area contributed by atoms with Crippen LogP contribution in [0.15, 0.2) is 0 Å². The molecule has 0 amide bonds. The Morgan fingerprint density at radius 2 is 2.06 bits per heavy atom. The predicted octanol–water partition coefficient (Wildman–Crippen LogP) is 1.62. The van der Waals surface area contributed by atoms with Crippen molar-refractivity contribution in [1.82, 2.24) is 4.90 Å². The van der Waals surface area contributed by atoms with Gasteiger partial charge in [0.15, 0.2) is 6.29 Å². The van der Waals surface area contributed by atoms with Gasteiger partial charge in [-0.25, -0.2) is 0 Å². The first-order valence-corrected chi connectivity index (χ1v) is 7.39. The lowest BCUT2D eigenvalue weighted by atomic mass is 9.92. The Hall–Kier alpha value is -0.160. The number of nitrogens with zero attached hydrogens (tertiary/aromatic N) is 1. The van der Waals surface area contributed by atoms with Crippen molar-refractivity contribution in [2.24, 2.45) is 5.92 Å². The SMILES string of the molecule is CC(O)C1CCN(CCOC2CCCCO2)CC1. The fourth-order valence-corrected chi connectivity index (χ4v) is 2.81. The van der Waals surface area contributed by atoms with Gasteiger partial charge < -0.3 is 19.5 Å². The average Bonchev–Trinajstić information content (AvgIpc) is 2.40. The Balaban J connectivity index is 1.55. The van der Waals surface area contributed by atoms with Gasteiger partial charge in [-0.3, -0.25) is 0 Å². The van der Waals surface area contributed by atoms with Gasteiger partial charge in [0, 0.05) is 13.2 Å². The summed E-state index contributed by atoms with van der Waals surface area (Å²) in [6, 6.07) is 0. The van der Waals surface area contributed by atoms with E-state index in [2.05, 4.69) is 4.90 Å². The van der Waals surface area contributed by atoms with E-state index in [1.165, 1.54) is 12.8 Å². The molecule has 2 fully saturated rings. The molecule has 0 aliphatic carbocycles. The lowest BCUT2D eigenvalue weighted by Gasteiger charge is -2.33. The highest BCUT2D eigenvalue weighted by Crippen LogP contribution is 2.20. The van der Waals surface area contributed by atoms with Gasteiger partial charge in [0.05, 0.1) is 12.7 Å². The molecule has 2 aliphatic heterocycles. The molecule has 0 bridgehead atoms. The molecule has 2 rings (SSSR count). The number of piperidine rings is 1. The average molecular weight is 257 g/mol. The van der Waals surface area contributed by atoms with Crippen LogP contribution in [0.25, 0.3) is 0 Å². The minimum absolute atomic E-state index is 0.0359. The molecule has 2 heterocycles. The smallest absolute Gasteiger partial charge is 0.157 e. The van der Waals surface area contributed by atoms with Crippen LogP contribution in [0.3, 0.4) is 0 Å². The third-order valence-corrected chi connectivity index (χ3v) is 4.16. The summed E-state index contributed by atoms with van der Waals surface area (Å²) in [4.78, 5) is 2.43. The van der Waals surface area contributed by atoms with Crippen molar-refractivity contribution in [1.29, 1.82) is 0 Å². The fraction of sp³-hybridized carbons (Fsp3) is 1.00. The fourth-order valence-electron chi connectivity index (χ4n) is 2.81. The van der Waals surface area contributed by atoms with Crippen molar-refractivity contribution < 1.29 is 14.6 Å². The summed E-state index contributed by atoms with van der Waals surface area (Å²) in [6.45, 7) is 6.69. The molecule has 1 N–H and O–H groups in total. The minimum atomic E-state index is -0.154. The Bertz CT molecular complexity index is 221. The summed E-state index contributed by atoms with van der Waals surface area (Å²) in [5.41, 5.74) is 0. The first-order chi connectivity index (χ1) is 8.75. The molecule has 4 heteroatoms. The summed E-state index contributed by atoms with van der Waals surface area (Å²) in [6.07, 6.45) is 5.55. The van der Waals surface area contributed by atoms with E-state index < -0.39 is 0 Å². The van der Waals surface area contributed by atoms with Crippen LogP contribution >= 0.6 is 0 Å². The van der Waals surface area contributed by atoms with Crippen LogP contribution in [0.2, 0.25) is 0 Å². The zero-order valence-corrected chi connectivity index (χ0v) is 11.5. The monoisotopic (exact) mass is 257 g/mol. The van der Waals surface area contributed by atoms with Crippen LogP contribution in [0.5, 0.6) is 0 Å². The summed E-state index contributed by atoms with van der Waals surface area (Å²) >= 11 is 0. The molecule has 0 radical (unpaired) electrons. The highest BCUT2D eigenvalue weighted by atomic mass is 16.7. The van der Waals surface area contributed by atoms with Gasteiger partial charge >= 0.3 is 0 Å². The molecule has 0 aromatic heterocycles. The van der Waals surface area contributed by atoms with Crippen molar-refractivity contribution in [2.45, 2.75) is 51.4 Å². The zero-order chi connectivity index (χ0) is 12.8. The second-order valence-corrected chi connectivity index (χ2v) is 5.59. The molecule has 0 spiro atoms. The molecule has 2 atom stereocenters. The minimum Gasteiger partial charge on any atom is -0.393 e. The molecular weight excluding hydrogens is 230 g/mol. The van der Waals surface area contributed by atoms with E-state index >= 15 is 0 Å². The highest BCUT2D eigenvalue weighted by molar-refractivity contribution is 4.75. The molecule has 0 aromatic rings. The van der Waals surface area contributed by atoms with Crippen LogP contribution < -0.4 is 0 Å². The lowest BCUT2D eigenvalue weighted by molar-refractivity contribution is -0.164. The summed E-state index contributed by atoms with van der Waals surface area (Å²) in [7, 11) is 0. The van der Waals surface area contributed by atoms with E-state index in [1.54, 1.807) is 0 Å².